The lowest BCUT2D eigenvalue weighted by atomic mass is 10.1. The molecule has 0 bridgehead atoms. The Bertz CT molecular complexity index is 941. The summed E-state index contributed by atoms with van der Waals surface area (Å²) in [4.78, 5) is 24.0. The second kappa shape index (κ2) is 6.63. The van der Waals surface area contributed by atoms with Gasteiger partial charge in [-0.1, -0.05) is 23.2 Å². The van der Waals surface area contributed by atoms with Crippen molar-refractivity contribution in [1.82, 2.24) is 15.2 Å². The van der Waals surface area contributed by atoms with E-state index in [1.54, 1.807) is 18.2 Å². The molecular formula is C17H13Cl2N3O2S. The topological polar surface area (TPSA) is 63.1 Å². The molecule has 0 spiro atoms. The summed E-state index contributed by atoms with van der Waals surface area (Å²) in [5.41, 5.74) is 3.37. The van der Waals surface area contributed by atoms with E-state index in [1.807, 2.05) is 30.5 Å². The first-order valence-corrected chi connectivity index (χ1v) is 8.47. The Balaban J connectivity index is 2.07. The van der Waals surface area contributed by atoms with Crippen molar-refractivity contribution in [2.24, 2.45) is 0 Å². The number of carbonyl (C=O) groups is 2. The summed E-state index contributed by atoms with van der Waals surface area (Å²) >= 11 is 16.9. The molecule has 0 aliphatic carbocycles. The van der Waals surface area contributed by atoms with E-state index in [1.165, 1.54) is 0 Å². The summed E-state index contributed by atoms with van der Waals surface area (Å²) in [6.45, 7) is 3.82. The van der Waals surface area contributed by atoms with Crippen LogP contribution >= 0.6 is 35.4 Å². The third-order valence-corrected chi connectivity index (χ3v) is 4.82. The van der Waals surface area contributed by atoms with Crippen LogP contribution in [0.3, 0.4) is 0 Å². The van der Waals surface area contributed by atoms with Crippen LogP contribution in [-0.4, -0.2) is 21.5 Å². The van der Waals surface area contributed by atoms with Crippen LogP contribution in [0.4, 0.5) is 0 Å². The number of aromatic nitrogens is 1. The first kappa shape index (κ1) is 17.7. The molecule has 0 atom stereocenters. The standard InChI is InChI=1S/C17H13Cl2N3O2S/c1-8-5-10(6-12-15(23)20-17(25)21-16(12)24)9(2)22(8)11-3-4-13(18)14(19)7-11/h3-7H,1-2H3,(H2,20,21,23,24,25). The number of halogens is 2. The van der Waals surface area contributed by atoms with E-state index in [9.17, 15) is 9.59 Å². The molecule has 1 aliphatic heterocycles. The summed E-state index contributed by atoms with van der Waals surface area (Å²) < 4.78 is 1.97. The SMILES string of the molecule is Cc1cc(C=C2C(=O)NC(=S)NC2=O)c(C)n1-c1ccc(Cl)c(Cl)c1. The van der Waals surface area contributed by atoms with Crippen LogP contribution in [0.15, 0.2) is 29.8 Å². The molecule has 128 valence electrons. The molecule has 1 aliphatic rings. The number of hydrogen-bond donors (Lipinski definition) is 2. The zero-order chi connectivity index (χ0) is 18.3. The number of carbonyl (C=O) groups excluding carboxylic acids is 2. The van der Waals surface area contributed by atoms with Gasteiger partial charge in [-0.2, -0.15) is 0 Å². The van der Waals surface area contributed by atoms with Gasteiger partial charge in [0.2, 0.25) is 0 Å². The fourth-order valence-electron chi connectivity index (χ4n) is 2.72. The molecule has 2 aromatic rings. The van der Waals surface area contributed by atoms with Crippen LogP contribution in [0.1, 0.15) is 17.0 Å². The molecule has 1 fully saturated rings. The maximum Gasteiger partial charge on any atom is 0.263 e. The highest BCUT2D eigenvalue weighted by Crippen LogP contribution is 2.28. The van der Waals surface area contributed by atoms with E-state index < -0.39 is 11.8 Å². The minimum atomic E-state index is -0.520. The Kier molecular flexibility index (Phi) is 4.69. The number of benzene rings is 1. The number of hydrogen-bond acceptors (Lipinski definition) is 3. The van der Waals surface area contributed by atoms with Gasteiger partial charge in [0.1, 0.15) is 5.57 Å². The van der Waals surface area contributed by atoms with Gasteiger partial charge >= 0.3 is 0 Å². The van der Waals surface area contributed by atoms with E-state index >= 15 is 0 Å². The average molecular weight is 394 g/mol. The Morgan fingerprint density at radius 2 is 1.68 bits per heavy atom. The molecule has 5 nitrogen and oxygen atoms in total. The highest BCUT2D eigenvalue weighted by Gasteiger charge is 2.26. The fourth-order valence-corrected chi connectivity index (χ4v) is 3.19. The van der Waals surface area contributed by atoms with Gasteiger partial charge in [0.05, 0.1) is 10.0 Å². The molecule has 0 saturated carbocycles. The van der Waals surface area contributed by atoms with Crippen LogP contribution in [-0.2, 0) is 9.59 Å². The van der Waals surface area contributed by atoms with Gasteiger partial charge in [0, 0.05) is 17.1 Å². The van der Waals surface area contributed by atoms with Crippen molar-refractivity contribution in [3.63, 3.8) is 0 Å². The molecular weight excluding hydrogens is 381 g/mol. The monoisotopic (exact) mass is 393 g/mol. The number of thiocarbonyl (C=S) groups is 1. The zero-order valence-corrected chi connectivity index (χ0v) is 15.6. The summed E-state index contributed by atoms with van der Waals surface area (Å²) in [5.74, 6) is -1.04. The quantitative estimate of drug-likeness (QED) is 0.467. The Morgan fingerprint density at radius 3 is 2.28 bits per heavy atom. The molecule has 2 N–H and O–H groups in total. The fraction of sp³-hybridized carbons (Fsp3) is 0.118. The van der Waals surface area contributed by atoms with Crippen molar-refractivity contribution in [2.45, 2.75) is 13.8 Å². The number of amides is 2. The van der Waals surface area contributed by atoms with Crippen LogP contribution in [0.25, 0.3) is 11.8 Å². The predicted octanol–water partition coefficient (Wildman–Crippen LogP) is 3.32. The molecule has 2 amide bonds. The minimum absolute atomic E-state index is 0.00277. The van der Waals surface area contributed by atoms with Crippen molar-refractivity contribution in [3.05, 3.63) is 56.8 Å². The molecule has 0 radical (unpaired) electrons. The van der Waals surface area contributed by atoms with Crippen molar-refractivity contribution in [1.29, 1.82) is 0 Å². The van der Waals surface area contributed by atoms with E-state index in [-0.39, 0.29) is 10.7 Å². The number of nitrogens with zero attached hydrogens (tertiary/aromatic N) is 1. The van der Waals surface area contributed by atoms with Gasteiger partial charge in [0.25, 0.3) is 11.8 Å². The van der Waals surface area contributed by atoms with E-state index in [0.29, 0.717) is 10.0 Å². The van der Waals surface area contributed by atoms with Crippen LogP contribution in [0, 0.1) is 13.8 Å². The van der Waals surface area contributed by atoms with Gasteiger partial charge in [-0.05, 0) is 62.0 Å². The third-order valence-electron chi connectivity index (χ3n) is 3.87. The highest BCUT2D eigenvalue weighted by molar-refractivity contribution is 7.80. The van der Waals surface area contributed by atoms with Crippen molar-refractivity contribution < 1.29 is 9.59 Å². The second-order valence-corrected chi connectivity index (χ2v) is 6.78. The highest BCUT2D eigenvalue weighted by atomic mass is 35.5. The maximum absolute atomic E-state index is 12.0. The first-order valence-electron chi connectivity index (χ1n) is 7.30. The molecule has 1 aromatic carbocycles. The molecule has 25 heavy (non-hydrogen) atoms. The largest absolute Gasteiger partial charge is 0.318 e. The normalized spacial score (nSPS) is 14.4. The molecule has 3 rings (SSSR count). The average Bonchev–Trinajstić information content (AvgIpc) is 2.80. The first-order chi connectivity index (χ1) is 11.8. The maximum atomic E-state index is 12.0. The number of rotatable bonds is 2. The smallest absolute Gasteiger partial charge is 0.263 e. The summed E-state index contributed by atoms with van der Waals surface area (Å²) in [6, 6.07) is 7.22. The van der Waals surface area contributed by atoms with Crippen LogP contribution in [0.5, 0.6) is 0 Å². The second-order valence-electron chi connectivity index (χ2n) is 5.56. The predicted molar refractivity (Wildman–Crippen MR) is 102 cm³/mol. The molecule has 8 heteroatoms. The van der Waals surface area contributed by atoms with Gasteiger partial charge in [0.15, 0.2) is 5.11 Å². The summed E-state index contributed by atoms with van der Waals surface area (Å²) in [6.07, 6.45) is 1.54. The lowest BCUT2D eigenvalue weighted by molar-refractivity contribution is -0.123. The number of nitrogens with one attached hydrogen (secondary N) is 2. The van der Waals surface area contributed by atoms with Gasteiger partial charge in [-0.25, -0.2) is 0 Å². The zero-order valence-electron chi connectivity index (χ0n) is 13.3. The molecule has 1 aromatic heterocycles. The summed E-state index contributed by atoms with van der Waals surface area (Å²) in [5, 5.41) is 5.77. The minimum Gasteiger partial charge on any atom is -0.318 e. The van der Waals surface area contributed by atoms with Crippen molar-refractivity contribution >= 4 is 58.4 Å². The van der Waals surface area contributed by atoms with Crippen molar-refractivity contribution in [2.75, 3.05) is 0 Å². The molecule has 1 saturated heterocycles. The lowest BCUT2D eigenvalue weighted by Gasteiger charge is -2.16. The Labute approximate surface area is 159 Å². The van der Waals surface area contributed by atoms with Gasteiger partial charge in [-0.15, -0.1) is 0 Å². The lowest BCUT2D eigenvalue weighted by Crippen LogP contribution is -2.51. The van der Waals surface area contributed by atoms with Gasteiger partial charge < -0.3 is 4.57 Å². The van der Waals surface area contributed by atoms with Crippen LogP contribution < -0.4 is 10.6 Å². The van der Waals surface area contributed by atoms with E-state index in [0.717, 1.165) is 22.6 Å². The molecule has 2 heterocycles. The van der Waals surface area contributed by atoms with E-state index in [4.69, 9.17) is 35.4 Å². The summed E-state index contributed by atoms with van der Waals surface area (Å²) in [7, 11) is 0. The molecule has 0 unspecified atom stereocenters. The Hall–Kier alpha value is -2.15. The van der Waals surface area contributed by atoms with Crippen molar-refractivity contribution in [3.8, 4) is 5.69 Å². The Morgan fingerprint density at radius 1 is 1.04 bits per heavy atom. The van der Waals surface area contributed by atoms with Crippen LogP contribution in [0.2, 0.25) is 10.0 Å². The van der Waals surface area contributed by atoms with Gasteiger partial charge in [-0.3, -0.25) is 20.2 Å². The third kappa shape index (κ3) is 3.33. The number of aryl methyl sites for hydroxylation is 1. The van der Waals surface area contributed by atoms with E-state index in [2.05, 4.69) is 10.6 Å².